The molecule has 0 aliphatic carbocycles. The molecule has 0 unspecified atom stereocenters. The number of halogens is 1. The molecule has 26 heavy (non-hydrogen) atoms. The predicted octanol–water partition coefficient (Wildman–Crippen LogP) is 2.97. The molecule has 4 rings (SSSR count). The zero-order chi connectivity index (χ0) is 18.1. The highest BCUT2D eigenvalue weighted by atomic mass is 35.5. The topological polar surface area (TPSA) is 64.0 Å². The van der Waals surface area contributed by atoms with Crippen LogP contribution in [0.25, 0.3) is 10.9 Å². The largest absolute Gasteiger partial charge is 0.352 e. The van der Waals surface area contributed by atoms with Crippen molar-refractivity contribution in [3.05, 3.63) is 74.8 Å². The van der Waals surface area contributed by atoms with Crippen molar-refractivity contribution in [2.75, 3.05) is 6.54 Å². The van der Waals surface area contributed by atoms with Gasteiger partial charge in [0.05, 0.1) is 10.9 Å². The zero-order valence-electron chi connectivity index (χ0n) is 14.2. The van der Waals surface area contributed by atoms with Gasteiger partial charge in [0.1, 0.15) is 5.82 Å². The summed E-state index contributed by atoms with van der Waals surface area (Å²) in [6, 6.07) is 12.7. The molecule has 3 aromatic rings. The number of carbonyl (C=O) groups excluding carboxylic acids is 1. The highest BCUT2D eigenvalue weighted by Gasteiger charge is 2.17. The minimum Gasteiger partial charge on any atom is -0.352 e. The van der Waals surface area contributed by atoms with Crippen LogP contribution < -0.4 is 10.9 Å². The van der Waals surface area contributed by atoms with Gasteiger partial charge in [-0.2, -0.15) is 0 Å². The molecular weight excluding hydrogens is 350 g/mol. The number of fused-ring (bicyclic) bond motifs is 2. The molecule has 0 radical (unpaired) electrons. The number of nitrogens with zero attached hydrogens (tertiary/aromatic N) is 2. The third-order valence-corrected chi connectivity index (χ3v) is 4.94. The maximum Gasteiger partial charge on any atom is 0.261 e. The molecule has 0 saturated carbocycles. The molecule has 2 heterocycles. The van der Waals surface area contributed by atoms with Crippen LogP contribution in [0.4, 0.5) is 0 Å². The predicted molar refractivity (Wildman–Crippen MR) is 102 cm³/mol. The van der Waals surface area contributed by atoms with Crippen molar-refractivity contribution in [1.82, 2.24) is 14.9 Å². The van der Waals surface area contributed by atoms with Gasteiger partial charge in [0.15, 0.2) is 0 Å². The van der Waals surface area contributed by atoms with E-state index in [1.807, 2.05) is 24.3 Å². The van der Waals surface area contributed by atoms with Crippen LogP contribution >= 0.6 is 11.6 Å². The van der Waals surface area contributed by atoms with E-state index in [-0.39, 0.29) is 11.5 Å². The number of rotatable bonds is 4. The molecule has 0 fully saturated rings. The Bertz CT molecular complexity index is 1040. The van der Waals surface area contributed by atoms with Crippen LogP contribution in [0.3, 0.4) is 0 Å². The fraction of sp³-hybridized carbons (Fsp3) is 0.250. The van der Waals surface area contributed by atoms with Gasteiger partial charge in [0.25, 0.3) is 11.5 Å². The van der Waals surface area contributed by atoms with Gasteiger partial charge >= 0.3 is 0 Å². The van der Waals surface area contributed by atoms with E-state index in [4.69, 9.17) is 11.6 Å². The van der Waals surface area contributed by atoms with E-state index in [1.54, 1.807) is 22.8 Å². The van der Waals surface area contributed by atoms with Gasteiger partial charge < -0.3 is 5.32 Å². The number of carbonyl (C=O) groups is 1. The number of benzene rings is 2. The van der Waals surface area contributed by atoms with Gasteiger partial charge in [-0.3, -0.25) is 14.2 Å². The molecule has 1 aromatic heterocycles. The molecule has 0 saturated heterocycles. The van der Waals surface area contributed by atoms with Crippen LogP contribution in [0.1, 0.15) is 28.2 Å². The van der Waals surface area contributed by atoms with E-state index in [0.717, 1.165) is 37.2 Å². The maximum atomic E-state index is 12.5. The normalized spacial score (nSPS) is 13.0. The molecule has 1 aliphatic rings. The van der Waals surface area contributed by atoms with Crippen molar-refractivity contribution in [1.29, 1.82) is 0 Å². The molecule has 0 bridgehead atoms. The van der Waals surface area contributed by atoms with E-state index in [9.17, 15) is 9.59 Å². The van der Waals surface area contributed by atoms with Gasteiger partial charge in [-0.25, -0.2) is 4.98 Å². The third kappa shape index (κ3) is 3.22. The second-order valence-corrected chi connectivity index (χ2v) is 6.89. The Morgan fingerprint density at radius 3 is 2.81 bits per heavy atom. The van der Waals surface area contributed by atoms with Crippen molar-refractivity contribution < 1.29 is 4.79 Å². The summed E-state index contributed by atoms with van der Waals surface area (Å²) < 4.78 is 1.73. The van der Waals surface area contributed by atoms with E-state index < -0.39 is 0 Å². The molecule has 6 heteroatoms. The fourth-order valence-corrected chi connectivity index (χ4v) is 3.42. The second-order valence-electron chi connectivity index (χ2n) is 6.45. The molecular formula is C20H18ClN3O2. The van der Waals surface area contributed by atoms with Crippen LogP contribution in [-0.4, -0.2) is 22.0 Å². The number of hydrogen-bond acceptors (Lipinski definition) is 3. The number of hydrogen-bond donors (Lipinski definition) is 1. The summed E-state index contributed by atoms with van der Waals surface area (Å²) in [5.74, 6) is 0.645. The molecule has 2 aromatic carbocycles. The van der Waals surface area contributed by atoms with Gasteiger partial charge in [0.2, 0.25) is 0 Å². The van der Waals surface area contributed by atoms with Crippen LogP contribution in [0.5, 0.6) is 0 Å². The van der Waals surface area contributed by atoms with Gasteiger partial charge in [0, 0.05) is 30.1 Å². The maximum absolute atomic E-state index is 12.5. The van der Waals surface area contributed by atoms with Crippen molar-refractivity contribution in [2.24, 2.45) is 0 Å². The number of aryl methyl sites for hydroxylation is 1. The summed E-state index contributed by atoms with van der Waals surface area (Å²) >= 11 is 5.87. The first-order valence-corrected chi connectivity index (χ1v) is 9.06. The lowest BCUT2D eigenvalue weighted by Crippen LogP contribution is -2.26. The average Bonchev–Trinajstić information content (AvgIpc) is 3.12. The Hall–Kier alpha value is -2.66. The summed E-state index contributed by atoms with van der Waals surface area (Å²) in [5, 5.41) is 4.17. The number of amides is 1. The monoisotopic (exact) mass is 367 g/mol. The Morgan fingerprint density at radius 2 is 2.00 bits per heavy atom. The first-order chi connectivity index (χ1) is 12.6. The Labute approximate surface area is 155 Å². The van der Waals surface area contributed by atoms with E-state index in [1.165, 1.54) is 0 Å². The minimum atomic E-state index is -0.164. The van der Waals surface area contributed by atoms with Crippen LogP contribution in [0.15, 0.2) is 47.3 Å². The minimum absolute atomic E-state index is 0.0165. The summed E-state index contributed by atoms with van der Waals surface area (Å²) in [5.41, 5.74) is 2.20. The standard InChI is InChI=1S/C20H18ClN3O2/c21-15-6-3-13(4-7-15)9-10-22-19(25)14-5-8-16-17(12-14)23-18-2-1-11-24(18)20(16)26/h3-8,12H,1-2,9-11H2,(H,22,25). The summed E-state index contributed by atoms with van der Waals surface area (Å²) in [7, 11) is 0. The highest BCUT2D eigenvalue weighted by Crippen LogP contribution is 2.16. The van der Waals surface area contributed by atoms with Crippen molar-refractivity contribution in [3.63, 3.8) is 0 Å². The van der Waals surface area contributed by atoms with Gasteiger partial charge in [-0.05, 0) is 48.7 Å². The van der Waals surface area contributed by atoms with Crippen molar-refractivity contribution in [2.45, 2.75) is 25.8 Å². The first kappa shape index (κ1) is 16.8. The summed E-state index contributed by atoms with van der Waals surface area (Å²) in [4.78, 5) is 29.4. The summed E-state index contributed by atoms with van der Waals surface area (Å²) in [6.07, 6.45) is 2.48. The Morgan fingerprint density at radius 1 is 1.19 bits per heavy atom. The number of aromatic nitrogens is 2. The van der Waals surface area contributed by atoms with Crippen LogP contribution in [-0.2, 0) is 19.4 Å². The molecule has 0 spiro atoms. The van der Waals surface area contributed by atoms with Crippen LogP contribution in [0, 0.1) is 0 Å². The van der Waals surface area contributed by atoms with E-state index in [2.05, 4.69) is 10.3 Å². The molecule has 1 aliphatic heterocycles. The van der Waals surface area contributed by atoms with Crippen molar-refractivity contribution in [3.8, 4) is 0 Å². The lowest BCUT2D eigenvalue weighted by molar-refractivity contribution is 0.0954. The molecule has 1 amide bonds. The lowest BCUT2D eigenvalue weighted by Gasteiger charge is -2.08. The number of nitrogens with one attached hydrogen (secondary N) is 1. The van der Waals surface area contributed by atoms with Crippen LogP contribution in [0.2, 0.25) is 5.02 Å². The fourth-order valence-electron chi connectivity index (χ4n) is 3.30. The third-order valence-electron chi connectivity index (χ3n) is 4.69. The van der Waals surface area contributed by atoms with Crippen molar-refractivity contribution >= 4 is 28.4 Å². The second kappa shape index (κ2) is 6.92. The molecule has 0 atom stereocenters. The molecule has 1 N–H and O–H groups in total. The van der Waals surface area contributed by atoms with Gasteiger partial charge in [-0.15, -0.1) is 0 Å². The Kier molecular flexibility index (Phi) is 4.47. The Balaban J connectivity index is 1.49. The highest BCUT2D eigenvalue weighted by molar-refractivity contribution is 6.30. The average molecular weight is 368 g/mol. The quantitative estimate of drug-likeness (QED) is 0.771. The SMILES string of the molecule is O=C(NCCc1ccc(Cl)cc1)c1ccc2c(=O)n3c(nc2c1)CCC3. The summed E-state index contributed by atoms with van der Waals surface area (Å²) in [6.45, 7) is 1.25. The van der Waals surface area contributed by atoms with Gasteiger partial charge in [-0.1, -0.05) is 23.7 Å². The molecule has 132 valence electrons. The zero-order valence-corrected chi connectivity index (χ0v) is 14.9. The van der Waals surface area contributed by atoms with E-state index >= 15 is 0 Å². The molecule has 5 nitrogen and oxygen atoms in total. The van der Waals surface area contributed by atoms with E-state index in [0.29, 0.717) is 28.0 Å². The smallest absolute Gasteiger partial charge is 0.261 e. The lowest BCUT2D eigenvalue weighted by atomic mass is 10.1. The first-order valence-electron chi connectivity index (χ1n) is 8.68.